The number of halogens is 1. The Bertz CT molecular complexity index is 710. The number of aliphatic hydroxyl groups excluding tert-OH is 1. The van der Waals surface area contributed by atoms with Gasteiger partial charge < -0.3 is 15.7 Å². The molecule has 2 aromatic rings. The van der Waals surface area contributed by atoms with Gasteiger partial charge in [-0.25, -0.2) is 9.18 Å². The van der Waals surface area contributed by atoms with E-state index in [1.165, 1.54) is 42.8 Å². The van der Waals surface area contributed by atoms with Crippen LogP contribution in [-0.4, -0.2) is 27.5 Å². The van der Waals surface area contributed by atoms with Gasteiger partial charge in [0, 0.05) is 25.2 Å². The molecule has 3 rings (SSSR count). The molecule has 1 saturated carbocycles. The van der Waals surface area contributed by atoms with Crippen LogP contribution in [0, 0.1) is 5.82 Å². The summed E-state index contributed by atoms with van der Waals surface area (Å²) in [5.41, 5.74) is 2.57. The van der Waals surface area contributed by atoms with Crippen molar-refractivity contribution in [2.24, 2.45) is 7.05 Å². The van der Waals surface area contributed by atoms with E-state index >= 15 is 0 Å². The predicted octanol–water partition coefficient (Wildman–Crippen LogP) is 1.97. The minimum atomic E-state index is -0.882. The third-order valence-corrected chi connectivity index (χ3v) is 4.10. The topological polar surface area (TPSA) is 79.2 Å². The Balaban J connectivity index is 1.44. The number of carbonyl (C=O) groups excluding carboxylic acids is 1. The van der Waals surface area contributed by atoms with Gasteiger partial charge in [-0.15, -0.1) is 0 Å². The molecule has 1 heterocycles. The normalized spacial score (nSPS) is 15.1. The highest BCUT2D eigenvalue weighted by atomic mass is 19.1. The molecule has 0 bridgehead atoms. The van der Waals surface area contributed by atoms with Crippen molar-refractivity contribution < 1.29 is 14.3 Å². The molecular weight excluding hydrogens is 311 g/mol. The molecule has 0 unspecified atom stereocenters. The van der Waals surface area contributed by atoms with E-state index < -0.39 is 6.10 Å². The Kier molecular flexibility index (Phi) is 4.80. The standard InChI is InChI=1S/C17H21FN4O2/c1-22-15(11-2-3-11)8-14(21-22)9-19-17(24)20-10-16(23)12-4-6-13(18)7-5-12/h4-8,11,16,23H,2-3,9-10H2,1H3,(H2,19,20,24)/t16-/m1/s1. The molecule has 6 nitrogen and oxygen atoms in total. The number of aliphatic hydroxyl groups is 1. The van der Waals surface area contributed by atoms with Crippen molar-refractivity contribution in [2.75, 3.05) is 6.54 Å². The number of amides is 2. The molecule has 1 fully saturated rings. The second kappa shape index (κ2) is 7.00. The zero-order valence-electron chi connectivity index (χ0n) is 13.5. The summed E-state index contributed by atoms with van der Waals surface area (Å²) in [5.74, 6) is 0.244. The SMILES string of the molecule is Cn1nc(CNC(=O)NC[C@@H](O)c2ccc(F)cc2)cc1C1CC1. The lowest BCUT2D eigenvalue weighted by molar-refractivity contribution is 0.173. The highest BCUT2D eigenvalue weighted by Gasteiger charge is 2.27. The van der Waals surface area contributed by atoms with Gasteiger partial charge >= 0.3 is 6.03 Å². The van der Waals surface area contributed by atoms with Crippen molar-refractivity contribution in [1.82, 2.24) is 20.4 Å². The van der Waals surface area contributed by atoms with E-state index in [0.29, 0.717) is 18.0 Å². The van der Waals surface area contributed by atoms with Gasteiger partial charge in [0.15, 0.2) is 0 Å². The Labute approximate surface area is 139 Å². The summed E-state index contributed by atoms with van der Waals surface area (Å²) in [4.78, 5) is 11.8. The zero-order valence-corrected chi connectivity index (χ0v) is 13.5. The quantitative estimate of drug-likeness (QED) is 0.757. The first-order chi connectivity index (χ1) is 11.5. The fourth-order valence-corrected chi connectivity index (χ4v) is 2.62. The number of aryl methyl sites for hydroxylation is 1. The summed E-state index contributed by atoms with van der Waals surface area (Å²) in [7, 11) is 1.91. The number of nitrogens with zero attached hydrogens (tertiary/aromatic N) is 2. The molecule has 7 heteroatoms. The van der Waals surface area contributed by atoms with E-state index in [1.54, 1.807) is 0 Å². The van der Waals surface area contributed by atoms with E-state index in [4.69, 9.17) is 0 Å². The summed E-state index contributed by atoms with van der Waals surface area (Å²) < 4.78 is 14.7. The Hall–Kier alpha value is -2.41. The van der Waals surface area contributed by atoms with Gasteiger partial charge in [0.25, 0.3) is 0 Å². The number of aromatic nitrogens is 2. The lowest BCUT2D eigenvalue weighted by Crippen LogP contribution is -2.37. The van der Waals surface area contributed by atoms with Crippen LogP contribution in [0.4, 0.5) is 9.18 Å². The molecule has 24 heavy (non-hydrogen) atoms. The largest absolute Gasteiger partial charge is 0.387 e. The molecule has 0 radical (unpaired) electrons. The number of nitrogens with one attached hydrogen (secondary N) is 2. The second-order valence-electron chi connectivity index (χ2n) is 6.09. The van der Waals surface area contributed by atoms with E-state index in [1.807, 2.05) is 17.8 Å². The first-order valence-electron chi connectivity index (χ1n) is 8.01. The molecule has 3 N–H and O–H groups in total. The van der Waals surface area contributed by atoms with Gasteiger partial charge in [-0.1, -0.05) is 12.1 Å². The van der Waals surface area contributed by atoms with Crippen LogP contribution in [0.15, 0.2) is 30.3 Å². The van der Waals surface area contributed by atoms with Crippen LogP contribution in [0.1, 0.15) is 41.8 Å². The van der Waals surface area contributed by atoms with E-state index in [-0.39, 0.29) is 18.4 Å². The first kappa shape index (κ1) is 16.4. The van der Waals surface area contributed by atoms with Gasteiger partial charge in [0.05, 0.1) is 18.3 Å². The van der Waals surface area contributed by atoms with E-state index in [9.17, 15) is 14.3 Å². The van der Waals surface area contributed by atoms with Crippen LogP contribution in [0.5, 0.6) is 0 Å². The number of rotatable bonds is 6. The van der Waals surface area contributed by atoms with Gasteiger partial charge in [-0.05, 0) is 36.6 Å². The maximum absolute atomic E-state index is 12.8. The number of benzene rings is 1. The zero-order chi connectivity index (χ0) is 17.1. The summed E-state index contributed by atoms with van der Waals surface area (Å²) in [6.45, 7) is 0.381. The van der Waals surface area contributed by atoms with Crippen LogP contribution < -0.4 is 10.6 Å². The van der Waals surface area contributed by atoms with Gasteiger partial charge in [0.2, 0.25) is 0 Å². The van der Waals surface area contributed by atoms with Crippen molar-refractivity contribution in [3.05, 3.63) is 53.1 Å². The molecule has 0 saturated heterocycles. The molecule has 0 aliphatic heterocycles. The third-order valence-electron chi connectivity index (χ3n) is 4.10. The summed E-state index contributed by atoms with van der Waals surface area (Å²) >= 11 is 0. The Morgan fingerprint density at radius 3 is 2.75 bits per heavy atom. The summed E-state index contributed by atoms with van der Waals surface area (Å²) in [5, 5.41) is 19.7. The lowest BCUT2D eigenvalue weighted by atomic mass is 10.1. The molecule has 1 atom stereocenters. The maximum atomic E-state index is 12.8. The fourth-order valence-electron chi connectivity index (χ4n) is 2.62. The maximum Gasteiger partial charge on any atom is 0.315 e. The monoisotopic (exact) mass is 332 g/mol. The Morgan fingerprint density at radius 1 is 1.38 bits per heavy atom. The van der Waals surface area contributed by atoms with E-state index in [0.717, 1.165) is 5.69 Å². The lowest BCUT2D eigenvalue weighted by Gasteiger charge is -2.12. The van der Waals surface area contributed by atoms with Crippen LogP contribution >= 0.6 is 0 Å². The second-order valence-corrected chi connectivity index (χ2v) is 6.09. The first-order valence-corrected chi connectivity index (χ1v) is 8.01. The summed E-state index contributed by atoms with van der Waals surface area (Å²) in [6.07, 6.45) is 1.52. The van der Waals surface area contributed by atoms with Crippen molar-refractivity contribution in [2.45, 2.75) is 31.4 Å². The van der Waals surface area contributed by atoms with Gasteiger partial charge in [-0.3, -0.25) is 4.68 Å². The highest BCUT2D eigenvalue weighted by molar-refractivity contribution is 5.73. The molecule has 0 spiro atoms. The number of hydrogen-bond acceptors (Lipinski definition) is 3. The average molecular weight is 332 g/mol. The van der Waals surface area contributed by atoms with Gasteiger partial charge in [-0.2, -0.15) is 5.10 Å². The smallest absolute Gasteiger partial charge is 0.315 e. The number of hydrogen-bond donors (Lipinski definition) is 3. The molecule has 2 amide bonds. The number of urea groups is 1. The summed E-state index contributed by atoms with van der Waals surface area (Å²) in [6, 6.07) is 7.18. The van der Waals surface area contributed by atoms with Crippen LogP contribution in [0.25, 0.3) is 0 Å². The van der Waals surface area contributed by atoms with Crippen molar-refractivity contribution >= 4 is 6.03 Å². The van der Waals surface area contributed by atoms with Crippen molar-refractivity contribution in [3.63, 3.8) is 0 Å². The minimum Gasteiger partial charge on any atom is -0.387 e. The molecule has 1 aliphatic rings. The molecule has 1 aromatic carbocycles. The minimum absolute atomic E-state index is 0.0486. The fraction of sp³-hybridized carbons (Fsp3) is 0.412. The van der Waals surface area contributed by atoms with Crippen LogP contribution in [0.2, 0.25) is 0 Å². The Morgan fingerprint density at radius 2 is 2.08 bits per heavy atom. The predicted molar refractivity (Wildman–Crippen MR) is 86.8 cm³/mol. The molecular formula is C17H21FN4O2. The third kappa shape index (κ3) is 4.11. The van der Waals surface area contributed by atoms with Crippen molar-refractivity contribution in [3.8, 4) is 0 Å². The van der Waals surface area contributed by atoms with Crippen LogP contribution in [0.3, 0.4) is 0 Å². The number of carbonyl (C=O) groups is 1. The highest BCUT2D eigenvalue weighted by Crippen LogP contribution is 2.39. The van der Waals surface area contributed by atoms with Crippen LogP contribution in [-0.2, 0) is 13.6 Å². The molecule has 1 aromatic heterocycles. The van der Waals surface area contributed by atoms with Crippen molar-refractivity contribution in [1.29, 1.82) is 0 Å². The molecule has 128 valence electrons. The van der Waals surface area contributed by atoms with Gasteiger partial charge in [0.1, 0.15) is 5.82 Å². The van der Waals surface area contributed by atoms with E-state index in [2.05, 4.69) is 15.7 Å². The molecule has 1 aliphatic carbocycles. The average Bonchev–Trinajstić information content (AvgIpc) is 3.34.